The molecule has 4 nitrogen and oxygen atoms in total. The summed E-state index contributed by atoms with van der Waals surface area (Å²) in [5, 5.41) is 10.5. The Bertz CT molecular complexity index is 508. The van der Waals surface area contributed by atoms with E-state index in [4.69, 9.17) is 0 Å². The SMILES string of the molecule is FC(F)(F)c1cccc(CNCCn2ccnn2)c1. The number of hydrogen-bond acceptors (Lipinski definition) is 3. The molecular weight excluding hydrogens is 257 g/mol. The van der Waals surface area contributed by atoms with Crippen LogP contribution in [0.25, 0.3) is 0 Å². The summed E-state index contributed by atoms with van der Waals surface area (Å²) in [5.41, 5.74) is -0.0171. The fraction of sp³-hybridized carbons (Fsp3) is 0.333. The lowest BCUT2D eigenvalue weighted by molar-refractivity contribution is -0.137. The van der Waals surface area contributed by atoms with E-state index in [2.05, 4.69) is 15.6 Å². The van der Waals surface area contributed by atoms with Gasteiger partial charge in [0, 0.05) is 19.3 Å². The Labute approximate surface area is 108 Å². The molecule has 0 aliphatic heterocycles. The summed E-state index contributed by atoms with van der Waals surface area (Å²) in [6, 6.07) is 5.30. The molecule has 1 aromatic heterocycles. The molecule has 1 aromatic carbocycles. The lowest BCUT2D eigenvalue weighted by Gasteiger charge is -2.09. The van der Waals surface area contributed by atoms with Crippen molar-refractivity contribution in [2.45, 2.75) is 19.3 Å². The first-order chi connectivity index (χ1) is 9.05. The van der Waals surface area contributed by atoms with Crippen molar-refractivity contribution in [1.82, 2.24) is 20.3 Å². The Morgan fingerprint density at radius 3 is 2.79 bits per heavy atom. The smallest absolute Gasteiger partial charge is 0.311 e. The van der Waals surface area contributed by atoms with Crippen molar-refractivity contribution in [2.75, 3.05) is 6.54 Å². The zero-order valence-corrected chi connectivity index (χ0v) is 10.1. The van der Waals surface area contributed by atoms with Gasteiger partial charge in [-0.2, -0.15) is 13.2 Å². The number of alkyl halides is 3. The first kappa shape index (κ1) is 13.5. The summed E-state index contributed by atoms with van der Waals surface area (Å²) < 4.78 is 39.2. The highest BCUT2D eigenvalue weighted by Gasteiger charge is 2.30. The third-order valence-electron chi connectivity index (χ3n) is 2.57. The average Bonchev–Trinajstić information content (AvgIpc) is 2.87. The zero-order valence-electron chi connectivity index (χ0n) is 10.1. The van der Waals surface area contributed by atoms with Gasteiger partial charge in [-0.15, -0.1) is 5.10 Å². The fourth-order valence-corrected chi connectivity index (χ4v) is 1.64. The van der Waals surface area contributed by atoms with Crippen molar-refractivity contribution >= 4 is 0 Å². The molecule has 2 aromatic rings. The number of nitrogens with one attached hydrogen (secondary N) is 1. The lowest BCUT2D eigenvalue weighted by Crippen LogP contribution is -2.20. The summed E-state index contributed by atoms with van der Waals surface area (Å²) in [6.07, 6.45) is -0.991. The van der Waals surface area contributed by atoms with E-state index in [0.717, 1.165) is 12.1 Å². The second kappa shape index (κ2) is 5.83. The predicted molar refractivity (Wildman–Crippen MR) is 63.2 cm³/mol. The second-order valence-electron chi connectivity index (χ2n) is 4.04. The molecule has 0 amide bonds. The number of halogens is 3. The number of benzene rings is 1. The highest BCUT2D eigenvalue weighted by atomic mass is 19.4. The van der Waals surface area contributed by atoms with E-state index in [1.807, 2.05) is 0 Å². The highest BCUT2D eigenvalue weighted by molar-refractivity contribution is 5.25. The van der Waals surface area contributed by atoms with Crippen molar-refractivity contribution in [3.05, 3.63) is 47.8 Å². The van der Waals surface area contributed by atoms with Crippen molar-refractivity contribution in [3.8, 4) is 0 Å². The van der Waals surface area contributed by atoms with Gasteiger partial charge in [0.15, 0.2) is 0 Å². The van der Waals surface area contributed by atoms with Gasteiger partial charge in [-0.25, -0.2) is 0 Å². The molecule has 0 saturated heterocycles. The van der Waals surface area contributed by atoms with Crippen molar-refractivity contribution in [2.24, 2.45) is 0 Å². The molecule has 0 bridgehead atoms. The predicted octanol–water partition coefficient (Wildman–Crippen LogP) is 2.09. The number of nitrogens with zero attached hydrogens (tertiary/aromatic N) is 3. The van der Waals surface area contributed by atoms with Crippen LogP contribution in [0.15, 0.2) is 36.7 Å². The van der Waals surface area contributed by atoms with Gasteiger partial charge in [-0.05, 0) is 11.6 Å². The Balaban J connectivity index is 1.83. The normalized spacial score (nSPS) is 11.7. The van der Waals surface area contributed by atoms with Crippen LogP contribution in [0.5, 0.6) is 0 Å². The van der Waals surface area contributed by atoms with Crippen LogP contribution in [0, 0.1) is 0 Å². The molecule has 102 valence electrons. The minimum atomic E-state index is -4.29. The maximum absolute atomic E-state index is 12.5. The quantitative estimate of drug-likeness (QED) is 0.846. The van der Waals surface area contributed by atoms with E-state index in [-0.39, 0.29) is 0 Å². The Hall–Kier alpha value is -1.89. The maximum Gasteiger partial charge on any atom is 0.416 e. The van der Waals surface area contributed by atoms with E-state index in [0.29, 0.717) is 25.2 Å². The molecule has 0 radical (unpaired) electrons. The first-order valence-corrected chi connectivity index (χ1v) is 5.76. The second-order valence-corrected chi connectivity index (χ2v) is 4.04. The van der Waals surface area contributed by atoms with Gasteiger partial charge in [0.25, 0.3) is 0 Å². The van der Waals surface area contributed by atoms with Crippen LogP contribution in [-0.4, -0.2) is 21.5 Å². The third-order valence-corrected chi connectivity index (χ3v) is 2.57. The Morgan fingerprint density at radius 1 is 1.26 bits per heavy atom. The molecule has 1 heterocycles. The monoisotopic (exact) mass is 270 g/mol. The van der Waals surface area contributed by atoms with Crippen LogP contribution in [0.3, 0.4) is 0 Å². The molecule has 0 aliphatic carbocycles. The van der Waals surface area contributed by atoms with E-state index in [1.54, 1.807) is 23.1 Å². The summed E-state index contributed by atoms with van der Waals surface area (Å²) in [6.45, 7) is 1.62. The van der Waals surface area contributed by atoms with Crippen LogP contribution in [0.4, 0.5) is 13.2 Å². The van der Waals surface area contributed by atoms with Gasteiger partial charge >= 0.3 is 6.18 Å². The molecule has 0 atom stereocenters. The molecule has 7 heteroatoms. The van der Waals surface area contributed by atoms with Gasteiger partial charge in [0.1, 0.15) is 0 Å². The molecular formula is C12H13F3N4. The van der Waals surface area contributed by atoms with E-state index in [1.165, 1.54) is 6.07 Å². The number of hydrogen-bond donors (Lipinski definition) is 1. The highest BCUT2D eigenvalue weighted by Crippen LogP contribution is 2.29. The van der Waals surface area contributed by atoms with E-state index < -0.39 is 11.7 Å². The minimum Gasteiger partial charge on any atom is -0.311 e. The van der Waals surface area contributed by atoms with Gasteiger partial charge in [-0.3, -0.25) is 4.68 Å². The van der Waals surface area contributed by atoms with Gasteiger partial charge in [0.2, 0.25) is 0 Å². The summed E-state index contributed by atoms with van der Waals surface area (Å²) in [7, 11) is 0. The zero-order chi connectivity index (χ0) is 13.7. The topological polar surface area (TPSA) is 42.7 Å². The van der Waals surface area contributed by atoms with Crippen LogP contribution in [0.2, 0.25) is 0 Å². The van der Waals surface area contributed by atoms with Crippen LogP contribution >= 0.6 is 0 Å². The molecule has 0 aliphatic rings. The summed E-state index contributed by atoms with van der Waals surface area (Å²) in [5.74, 6) is 0. The molecule has 1 N–H and O–H groups in total. The van der Waals surface area contributed by atoms with E-state index >= 15 is 0 Å². The first-order valence-electron chi connectivity index (χ1n) is 5.76. The lowest BCUT2D eigenvalue weighted by atomic mass is 10.1. The van der Waals surface area contributed by atoms with Crippen molar-refractivity contribution in [3.63, 3.8) is 0 Å². The summed E-state index contributed by atoms with van der Waals surface area (Å²) >= 11 is 0. The summed E-state index contributed by atoms with van der Waals surface area (Å²) in [4.78, 5) is 0. The molecule has 19 heavy (non-hydrogen) atoms. The van der Waals surface area contributed by atoms with Crippen molar-refractivity contribution < 1.29 is 13.2 Å². The molecule has 0 unspecified atom stereocenters. The standard InChI is InChI=1S/C12H13F3N4/c13-12(14,15)11-3-1-2-10(8-11)9-16-4-6-19-7-5-17-18-19/h1-3,5,7-8,16H,4,6,9H2. The van der Waals surface area contributed by atoms with Crippen molar-refractivity contribution in [1.29, 1.82) is 0 Å². The van der Waals surface area contributed by atoms with E-state index in [9.17, 15) is 13.2 Å². The molecule has 2 rings (SSSR count). The largest absolute Gasteiger partial charge is 0.416 e. The van der Waals surface area contributed by atoms with Crippen LogP contribution < -0.4 is 5.32 Å². The van der Waals surface area contributed by atoms with Gasteiger partial charge in [0.05, 0.1) is 18.3 Å². The van der Waals surface area contributed by atoms with Crippen LogP contribution in [0.1, 0.15) is 11.1 Å². The molecule has 0 saturated carbocycles. The van der Waals surface area contributed by atoms with Gasteiger partial charge in [-0.1, -0.05) is 23.4 Å². The molecule has 0 fully saturated rings. The fourth-order valence-electron chi connectivity index (χ4n) is 1.64. The third kappa shape index (κ3) is 4.06. The average molecular weight is 270 g/mol. The minimum absolute atomic E-state index is 0.388. The maximum atomic E-state index is 12.5. The number of aromatic nitrogens is 3. The Kier molecular flexibility index (Phi) is 4.16. The van der Waals surface area contributed by atoms with Crippen LogP contribution in [-0.2, 0) is 19.3 Å². The van der Waals surface area contributed by atoms with Gasteiger partial charge < -0.3 is 5.32 Å². The number of rotatable bonds is 5. The molecule has 0 spiro atoms. The Morgan fingerprint density at radius 2 is 2.11 bits per heavy atom.